The highest BCUT2D eigenvalue weighted by atomic mass is 14.9. The van der Waals surface area contributed by atoms with Crippen molar-refractivity contribution in [3.63, 3.8) is 0 Å². The quantitative estimate of drug-likeness (QED) is 0.135. The predicted molar refractivity (Wildman–Crippen MR) is 369 cm³/mol. The summed E-state index contributed by atoms with van der Waals surface area (Å²) in [6.07, 6.45) is 15.6. The Kier molecular flexibility index (Phi) is 20.6. The van der Waals surface area contributed by atoms with Gasteiger partial charge in [0.15, 0.2) is 31.0 Å². The molecule has 0 N–H and O–H groups in total. The normalized spacial score (nSPS) is 16.0. The lowest BCUT2D eigenvalue weighted by Crippen LogP contribution is -2.33. The minimum absolute atomic E-state index is 0.367. The van der Waals surface area contributed by atoms with Gasteiger partial charge in [-0.05, 0) is 218 Å². The van der Waals surface area contributed by atoms with Crippen LogP contribution in [0.3, 0.4) is 0 Å². The van der Waals surface area contributed by atoms with Crippen molar-refractivity contribution in [1.82, 2.24) is 0 Å². The fourth-order valence-electron chi connectivity index (χ4n) is 13.2. The van der Waals surface area contributed by atoms with Gasteiger partial charge in [-0.2, -0.15) is 0 Å². The zero-order chi connectivity index (χ0) is 65.6. The molecule has 5 aromatic carbocycles. The number of aryl methyl sites for hydroxylation is 18. The third kappa shape index (κ3) is 15.0. The van der Waals surface area contributed by atoms with E-state index in [-0.39, 0.29) is 5.41 Å². The van der Waals surface area contributed by atoms with Crippen molar-refractivity contribution < 1.29 is 25.6 Å². The van der Waals surface area contributed by atoms with Crippen molar-refractivity contribution in [2.45, 2.75) is 148 Å². The van der Waals surface area contributed by atoms with Crippen molar-refractivity contribution in [2.24, 2.45) is 40.7 Å². The summed E-state index contributed by atoms with van der Waals surface area (Å²) >= 11 is 0. The monoisotopic (exact) mass is 1170 g/mol. The Morgan fingerprint density at radius 2 is 0.727 bits per heavy atom. The molecule has 0 saturated heterocycles. The van der Waals surface area contributed by atoms with Crippen LogP contribution in [-0.2, 0) is 54.5 Å². The number of benzene rings is 5. The highest BCUT2D eigenvalue weighted by Gasteiger charge is 2.54. The van der Waals surface area contributed by atoms with Gasteiger partial charge in [-0.3, -0.25) is 0 Å². The molecule has 0 amide bonds. The number of fused-ring (bicyclic) bond motifs is 5. The number of nitrogens with zero attached hydrogens (tertiary/aromatic N) is 5. The van der Waals surface area contributed by atoms with Crippen LogP contribution in [0.25, 0.3) is 56.3 Å². The second-order valence-electron chi connectivity index (χ2n) is 25.6. The van der Waals surface area contributed by atoms with E-state index < -0.39 is 11.8 Å². The molecule has 1 saturated carbocycles. The summed E-state index contributed by atoms with van der Waals surface area (Å²) in [5, 5.41) is 0. The van der Waals surface area contributed by atoms with E-state index in [1.54, 1.807) is 0 Å². The molecule has 454 valence electrons. The molecule has 5 aromatic heterocycles. The first-order valence-electron chi connectivity index (χ1n) is 33.0. The molecular weight excluding hydrogens is 1070 g/mol. The fraction of sp³-hybridized carbons (Fsp3) is 0.337. The minimum atomic E-state index is -0.680. The molecule has 88 heavy (non-hydrogen) atoms. The topological polar surface area (TPSA) is 19.4 Å². The Bertz CT molecular complexity index is 3940. The number of hydrogen-bond donors (Lipinski definition) is 0. The van der Waals surface area contributed by atoms with E-state index in [2.05, 4.69) is 345 Å². The lowest BCUT2D eigenvalue weighted by atomic mass is 9.79. The molecule has 5 nitrogen and oxygen atoms in total. The highest BCUT2D eigenvalue weighted by Crippen LogP contribution is 2.65. The second kappa shape index (κ2) is 28.8. The molecular formula is C83H102N5+5. The SMILES string of the molecule is CCc1ccc(-c2ccc(C)c[n+]2C)c(C)c1.CCc1ccc(-c2ccc(C)c[n+]2C)c(C)c1.CCc1ccc(-c2ccc(C)cc2C)[n+](C)c1.Cc1ccc(-c2ccc(C)c[n+]2C)c(C)c1.[2H]C12CCC([2H])(c3c1cc[n+](C)c3-c1ccccc1C)C2(C)C. The number of aromatic nitrogens is 5. The third-order valence-corrected chi connectivity index (χ3v) is 18.2. The Balaban J connectivity index is 0.000000146. The number of hydrogen-bond acceptors (Lipinski definition) is 0. The smallest absolute Gasteiger partial charge is 0.201 e. The van der Waals surface area contributed by atoms with Crippen LogP contribution in [0.2, 0.25) is 0 Å². The van der Waals surface area contributed by atoms with Crippen LogP contribution in [0.5, 0.6) is 0 Å². The van der Waals surface area contributed by atoms with E-state index in [4.69, 9.17) is 1.37 Å². The molecule has 2 aliphatic carbocycles. The molecule has 0 radical (unpaired) electrons. The summed E-state index contributed by atoms with van der Waals surface area (Å²) < 4.78 is 29.4. The maximum absolute atomic E-state index is 9.30. The van der Waals surface area contributed by atoms with Crippen LogP contribution < -0.4 is 22.8 Å². The lowest BCUT2D eigenvalue weighted by Gasteiger charge is -2.24. The predicted octanol–water partition coefficient (Wildman–Crippen LogP) is 17.7. The van der Waals surface area contributed by atoms with Crippen LogP contribution in [-0.4, -0.2) is 0 Å². The maximum atomic E-state index is 9.30. The zero-order valence-corrected chi connectivity index (χ0v) is 57.1. The van der Waals surface area contributed by atoms with Gasteiger partial charge in [0.25, 0.3) is 0 Å². The van der Waals surface area contributed by atoms with Crippen molar-refractivity contribution in [3.8, 4) is 56.3 Å². The second-order valence-corrected chi connectivity index (χ2v) is 25.6. The average molecular weight is 1170 g/mol. The Morgan fingerprint density at radius 3 is 1.11 bits per heavy atom. The highest BCUT2D eigenvalue weighted by molar-refractivity contribution is 5.69. The average Bonchev–Trinajstić information content (AvgIpc) is 1.50. The number of rotatable bonds is 8. The Hall–Kier alpha value is -8.15. The van der Waals surface area contributed by atoms with E-state index in [0.717, 1.165) is 48.9 Å². The van der Waals surface area contributed by atoms with E-state index >= 15 is 0 Å². The lowest BCUT2D eigenvalue weighted by molar-refractivity contribution is -0.661. The largest absolute Gasteiger partial charge is 0.216 e. The van der Waals surface area contributed by atoms with Crippen LogP contribution in [0.4, 0.5) is 0 Å². The molecule has 2 aliphatic rings. The van der Waals surface area contributed by atoms with E-state index in [9.17, 15) is 1.37 Å². The van der Waals surface area contributed by atoms with Gasteiger partial charge in [0.05, 0.1) is 0 Å². The van der Waals surface area contributed by atoms with Gasteiger partial charge >= 0.3 is 0 Å². The Labute approximate surface area is 533 Å². The van der Waals surface area contributed by atoms with Gasteiger partial charge in [-0.15, -0.1) is 0 Å². The van der Waals surface area contributed by atoms with Crippen molar-refractivity contribution in [1.29, 1.82) is 0 Å². The van der Waals surface area contributed by atoms with E-state index in [0.29, 0.717) is 0 Å². The summed E-state index contributed by atoms with van der Waals surface area (Å²) in [5.41, 5.74) is 31.8. The van der Waals surface area contributed by atoms with Crippen molar-refractivity contribution in [2.75, 3.05) is 0 Å². The first-order chi connectivity index (χ1) is 42.7. The van der Waals surface area contributed by atoms with Gasteiger partial charge in [0, 0.05) is 88.7 Å². The van der Waals surface area contributed by atoms with Gasteiger partial charge < -0.3 is 0 Å². The van der Waals surface area contributed by atoms with Crippen LogP contribution in [0.1, 0.15) is 145 Å². The fourth-order valence-corrected chi connectivity index (χ4v) is 13.2. The summed E-state index contributed by atoms with van der Waals surface area (Å²) in [6, 6.07) is 54.7. The summed E-state index contributed by atoms with van der Waals surface area (Å²) in [5.74, 6) is -1.32. The van der Waals surface area contributed by atoms with Gasteiger partial charge in [0.1, 0.15) is 35.2 Å². The molecule has 1 fully saturated rings. The zero-order valence-electron chi connectivity index (χ0n) is 59.1. The first kappa shape index (κ1) is 62.9. The summed E-state index contributed by atoms with van der Waals surface area (Å²) in [7, 11) is 10.5. The standard InChI is InChI=1S/C20H24N.3C16H20N.C15H18N/c1-13-7-5-6-8-14(13)19-18-15(11-12-21(19)4)16-9-10-17(18)20(16,2)3;2*1-5-14-7-8-15(13(3)10-14)16-9-6-12(2)11-17(16)4;1-5-14-7-9-16(17(4)11-14)15-8-6-12(2)10-13(15)3;1-11-5-7-14(13(3)9-11)15-8-6-12(2)10-16(15)4/h5-8,11-12,16-17H,9-10H2,1-4H3;3*6-11H,5H2,1-4H3;5-10H,1-4H3/q5*+1/i16D,17D;;;;. The summed E-state index contributed by atoms with van der Waals surface area (Å²) in [4.78, 5) is 0. The van der Waals surface area contributed by atoms with E-state index in [1.807, 2.05) is 0 Å². The Morgan fingerprint density at radius 1 is 0.364 bits per heavy atom. The molecule has 2 bridgehead atoms. The van der Waals surface area contributed by atoms with Gasteiger partial charge in [-0.25, -0.2) is 22.8 Å². The van der Waals surface area contributed by atoms with Crippen LogP contribution in [0, 0.1) is 74.7 Å². The molecule has 12 rings (SSSR count). The van der Waals surface area contributed by atoms with Crippen molar-refractivity contribution >= 4 is 0 Å². The molecule has 2 atom stereocenters. The first-order valence-corrected chi connectivity index (χ1v) is 32.0. The van der Waals surface area contributed by atoms with Crippen LogP contribution in [0.15, 0.2) is 183 Å². The third-order valence-electron chi connectivity index (χ3n) is 18.2. The molecule has 10 aromatic rings. The van der Waals surface area contributed by atoms with Crippen LogP contribution >= 0.6 is 0 Å². The maximum Gasteiger partial charge on any atom is 0.216 e. The van der Waals surface area contributed by atoms with Gasteiger partial charge in [-0.1, -0.05) is 112 Å². The van der Waals surface area contributed by atoms with Crippen molar-refractivity contribution in [3.05, 3.63) is 266 Å². The molecule has 2 unspecified atom stereocenters. The molecule has 5 heterocycles. The minimum Gasteiger partial charge on any atom is -0.201 e. The molecule has 0 spiro atoms. The van der Waals surface area contributed by atoms with E-state index in [1.165, 1.54) is 123 Å². The molecule has 5 heteroatoms. The van der Waals surface area contributed by atoms with Gasteiger partial charge in [0.2, 0.25) is 28.5 Å². The summed E-state index contributed by atoms with van der Waals surface area (Å²) in [6.45, 7) is 32.3. The number of pyridine rings is 5. The molecule has 0 aliphatic heterocycles.